The van der Waals surface area contributed by atoms with Gasteiger partial charge in [0.25, 0.3) is 0 Å². The molecule has 3 aromatic rings. The summed E-state index contributed by atoms with van der Waals surface area (Å²) in [6, 6.07) is 13.5. The Morgan fingerprint density at radius 3 is 2.77 bits per heavy atom. The Morgan fingerprint density at radius 2 is 1.93 bits per heavy atom. The second kappa shape index (κ2) is 11.5. The number of fused-ring (bicyclic) bond motifs is 1. The number of nitrogens with zero attached hydrogens (tertiary/aromatic N) is 3. The predicted molar refractivity (Wildman–Crippen MR) is 129 cm³/mol. The molecule has 0 radical (unpaired) electrons. The fourth-order valence-electron chi connectivity index (χ4n) is 3.04. The van der Waals surface area contributed by atoms with Crippen LogP contribution in [0.3, 0.4) is 0 Å². The van der Waals surface area contributed by atoms with E-state index in [1.54, 1.807) is 0 Å². The molecule has 0 spiro atoms. The van der Waals surface area contributed by atoms with E-state index < -0.39 is 0 Å². The van der Waals surface area contributed by atoms with Gasteiger partial charge in [-0.1, -0.05) is 34.8 Å². The minimum atomic E-state index is 0.00427. The summed E-state index contributed by atoms with van der Waals surface area (Å²) in [5.41, 5.74) is 2.45. The van der Waals surface area contributed by atoms with Gasteiger partial charge in [-0.2, -0.15) is 0 Å². The van der Waals surface area contributed by atoms with Gasteiger partial charge in [-0.25, -0.2) is 15.0 Å². The number of carbonyl (C=O) groups excluding carboxylic acids is 1. The SMILES string of the molecule is O=C(CCCCCCN=C=S)Nc1ccc2ncnc(Nc3cccc(Br)c3)c2c1. The lowest BCUT2D eigenvalue weighted by atomic mass is 10.1. The van der Waals surface area contributed by atoms with Gasteiger partial charge < -0.3 is 10.6 Å². The standard InChI is InChI=1S/C22H22BrN5OS/c23-16-6-5-7-17(12-16)28-22-19-13-18(9-10-20(19)25-14-26-22)27-21(29)8-3-1-2-4-11-24-15-30/h5-7,9-10,12-14H,1-4,8,11H2,(H,27,29)(H,25,26,28). The minimum Gasteiger partial charge on any atom is -0.340 e. The Balaban J connectivity index is 1.61. The molecule has 1 aromatic heterocycles. The van der Waals surface area contributed by atoms with Crippen LogP contribution in [0.1, 0.15) is 32.1 Å². The van der Waals surface area contributed by atoms with E-state index in [0.717, 1.165) is 52.4 Å². The van der Waals surface area contributed by atoms with Gasteiger partial charge in [-0.3, -0.25) is 4.79 Å². The van der Waals surface area contributed by atoms with Crippen LogP contribution in [0.5, 0.6) is 0 Å². The van der Waals surface area contributed by atoms with Crippen LogP contribution in [0.4, 0.5) is 17.2 Å². The molecule has 1 heterocycles. The number of aromatic nitrogens is 2. The van der Waals surface area contributed by atoms with E-state index in [2.05, 4.69) is 58.9 Å². The second-order valence-corrected chi connectivity index (χ2v) is 7.87. The minimum absolute atomic E-state index is 0.00427. The molecule has 0 fully saturated rings. The van der Waals surface area contributed by atoms with Crippen LogP contribution in [0.25, 0.3) is 10.9 Å². The molecule has 0 aliphatic carbocycles. The molecule has 0 aliphatic heterocycles. The Morgan fingerprint density at radius 1 is 1.07 bits per heavy atom. The van der Waals surface area contributed by atoms with Gasteiger partial charge in [0.2, 0.25) is 5.91 Å². The number of unbranched alkanes of at least 4 members (excludes halogenated alkanes) is 3. The summed E-state index contributed by atoms with van der Waals surface area (Å²) in [4.78, 5) is 24.9. The van der Waals surface area contributed by atoms with Crippen molar-refractivity contribution < 1.29 is 4.79 Å². The summed E-state index contributed by atoms with van der Waals surface area (Å²) in [5.74, 6) is 0.692. The van der Waals surface area contributed by atoms with Gasteiger partial charge in [0.15, 0.2) is 0 Å². The van der Waals surface area contributed by atoms with Gasteiger partial charge in [-0.15, -0.1) is 0 Å². The quantitative estimate of drug-likeness (QED) is 0.206. The van der Waals surface area contributed by atoms with Crippen LogP contribution >= 0.6 is 28.1 Å². The third-order valence-electron chi connectivity index (χ3n) is 4.49. The number of hydrogen-bond acceptors (Lipinski definition) is 6. The van der Waals surface area contributed by atoms with E-state index in [0.29, 0.717) is 18.8 Å². The van der Waals surface area contributed by atoms with Crippen LogP contribution in [0, 0.1) is 0 Å². The van der Waals surface area contributed by atoms with Crippen molar-refractivity contribution in [2.45, 2.75) is 32.1 Å². The molecule has 0 saturated carbocycles. The number of rotatable bonds is 10. The van der Waals surface area contributed by atoms with Crippen molar-refractivity contribution in [3.8, 4) is 0 Å². The van der Waals surface area contributed by atoms with E-state index in [1.807, 2.05) is 42.5 Å². The zero-order chi connectivity index (χ0) is 21.2. The van der Waals surface area contributed by atoms with Gasteiger partial charge in [0.1, 0.15) is 12.1 Å². The average molecular weight is 484 g/mol. The van der Waals surface area contributed by atoms with Crippen molar-refractivity contribution in [2.75, 3.05) is 17.2 Å². The molecular formula is C22H22BrN5OS. The van der Waals surface area contributed by atoms with Gasteiger partial charge >= 0.3 is 0 Å². The lowest BCUT2D eigenvalue weighted by Gasteiger charge is -2.11. The van der Waals surface area contributed by atoms with E-state index in [1.165, 1.54) is 6.33 Å². The summed E-state index contributed by atoms with van der Waals surface area (Å²) in [6.45, 7) is 0.713. The summed E-state index contributed by atoms with van der Waals surface area (Å²) < 4.78 is 0.977. The number of amides is 1. The van der Waals surface area contributed by atoms with Gasteiger partial charge in [0, 0.05) is 34.2 Å². The fraction of sp³-hybridized carbons (Fsp3) is 0.273. The third-order valence-corrected chi connectivity index (χ3v) is 5.12. The largest absolute Gasteiger partial charge is 0.340 e. The molecular weight excluding hydrogens is 462 g/mol. The summed E-state index contributed by atoms with van der Waals surface area (Å²) in [7, 11) is 0. The number of anilines is 3. The summed E-state index contributed by atoms with van der Waals surface area (Å²) >= 11 is 8.01. The number of isothiocyanates is 1. The average Bonchev–Trinajstić information content (AvgIpc) is 2.73. The van der Waals surface area contributed by atoms with Crippen LogP contribution < -0.4 is 10.6 Å². The Labute approximate surface area is 189 Å². The van der Waals surface area contributed by atoms with E-state index in [-0.39, 0.29) is 5.91 Å². The first-order valence-corrected chi connectivity index (χ1v) is 11.0. The number of aliphatic imine (C=N–C) groups is 1. The molecule has 30 heavy (non-hydrogen) atoms. The van der Waals surface area contributed by atoms with Crippen LogP contribution in [-0.4, -0.2) is 27.6 Å². The zero-order valence-corrected chi connectivity index (χ0v) is 18.8. The van der Waals surface area contributed by atoms with Crippen molar-refractivity contribution in [2.24, 2.45) is 4.99 Å². The maximum Gasteiger partial charge on any atom is 0.224 e. The van der Waals surface area contributed by atoms with Crippen LogP contribution in [0.15, 0.2) is 58.3 Å². The molecule has 0 aliphatic rings. The van der Waals surface area contributed by atoms with Crippen molar-refractivity contribution >= 4 is 67.3 Å². The van der Waals surface area contributed by atoms with Crippen LogP contribution in [-0.2, 0) is 4.79 Å². The maximum atomic E-state index is 12.3. The molecule has 154 valence electrons. The Hall–Kier alpha value is -2.67. The van der Waals surface area contributed by atoms with E-state index in [4.69, 9.17) is 0 Å². The van der Waals surface area contributed by atoms with Gasteiger partial charge in [0.05, 0.1) is 10.7 Å². The van der Waals surface area contributed by atoms with Crippen LogP contribution in [0.2, 0.25) is 0 Å². The second-order valence-electron chi connectivity index (χ2n) is 6.77. The number of thiocarbonyl (C=S) groups is 1. The van der Waals surface area contributed by atoms with E-state index in [9.17, 15) is 4.79 Å². The van der Waals surface area contributed by atoms with E-state index >= 15 is 0 Å². The molecule has 0 unspecified atom stereocenters. The first-order chi connectivity index (χ1) is 14.7. The smallest absolute Gasteiger partial charge is 0.224 e. The highest BCUT2D eigenvalue weighted by molar-refractivity contribution is 9.10. The molecule has 1 amide bonds. The number of benzene rings is 2. The monoisotopic (exact) mass is 483 g/mol. The molecule has 0 bridgehead atoms. The number of halogens is 1. The maximum absolute atomic E-state index is 12.3. The highest BCUT2D eigenvalue weighted by Crippen LogP contribution is 2.27. The lowest BCUT2D eigenvalue weighted by molar-refractivity contribution is -0.116. The molecule has 2 N–H and O–H groups in total. The molecule has 8 heteroatoms. The zero-order valence-electron chi connectivity index (χ0n) is 16.4. The van der Waals surface area contributed by atoms with Gasteiger partial charge in [-0.05, 0) is 61.5 Å². The molecule has 0 atom stereocenters. The highest BCUT2D eigenvalue weighted by Gasteiger charge is 2.08. The Kier molecular flexibility index (Phi) is 8.44. The Bertz CT molecular complexity index is 1070. The molecule has 0 saturated heterocycles. The van der Waals surface area contributed by atoms with Crippen molar-refractivity contribution in [1.29, 1.82) is 0 Å². The number of nitrogens with one attached hydrogen (secondary N) is 2. The summed E-state index contributed by atoms with van der Waals surface area (Å²) in [6.07, 6.45) is 5.86. The number of hydrogen-bond donors (Lipinski definition) is 2. The first-order valence-electron chi connectivity index (χ1n) is 9.76. The van der Waals surface area contributed by atoms with Crippen molar-refractivity contribution in [1.82, 2.24) is 9.97 Å². The number of carbonyl (C=O) groups is 1. The van der Waals surface area contributed by atoms with Crippen molar-refractivity contribution in [3.63, 3.8) is 0 Å². The topological polar surface area (TPSA) is 79.3 Å². The third kappa shape index (κ3) is 6.69. The highest BCUT2D eigenvalue weighted by atomic mass is 79.9. The van der Waals surface area contributed by atoms with Crippen molar-refractivity contribution in [3.05, 3.63) is 53.3 Å². The summed E-state index contributed by atoms with van der Waals surface area (Å²) in [5, 5.41) is 9.50. The normalized spacial score (nSPS) is 10.4. The predicted octanol–water partition coefficient (Wildman–Crippen LogP) is 6.13. The first kappa shape index (κ1) is 22.0. The molecule has 6 nitrogen and oxygen atoms in total. The lowest BCUT2D eigenvalue weighted by Crippen LogP contribution is -2.11. The molecule has 3 rings (SSSR count). The fourth-order valence-corrected chi connectivity index (χ4v) is 3.53. The molecule has 2 aromatic carbocycles.